The lowest BCUT2D eigenvalue weighted by Crippen LogP contribution is -2.26. The highest BCUT2D eigenvalue weighted by Gasteiger charge is 2.24. The van der Waals surface area contributed by atoms with Crippen molar-refractivity contribution < 1.29 is 18.4 Å². The molecule has 1 aromatic heterocycles. The van der Waals surface area contributed by atoms with Crippen LogP contribution in [0, 0.1) is 11.6 Å². The zero-order chi connectivity index (χ0) is 16.4. The average Bonchev–Trinajstić information content (AvgIpc) is 3.34. The third-order valence-electron chi connectivity index (χ3n) is 3.35. The van der Waals surface area contributed by atoms with E-state index in [1.807, 2.05) is 0 Å². The van der Waals surface area contributed by atoms with Gasteiger partial charge in [-0.2, -0.15) is 0 Å². The van der Waals surface area contributed by atoms with Crippen LogP contribution in [0.1, 0.15) is 33.7 Å². The molecule has 1 aromatic carbocycles. The van der Waals surface area contributed by atoms with Crippen LogP contribution in [0.4, 0.5) is 14.5 Å². The first-order chi connectivity index (χ1) is 11.0. The van der Waals surface area contributed by atoms with E-state index in [9.17, 15) is 18.4 Å². The molecular weight excluding hydrogens is 304 g/mol. The van der Waals surface area contributed by atoms with Crippen LogP contribution < -0.4 is 10.6 Å². The van der Waals surface area contributed by atoms with Crippen LogP contribution in [-0.4, -0.2) is 22.8 Å². The third kappa shape index (κ3) is 3.68. The molecule has 7 heteroatoms. The van der Waals surface area contributed by atoms with E-state index in [0.29, 0.717) is 11.6 Å². The maximum atomic E-state index is 13.5. The summed E-state index contributed by atoms with van der Waals surface area (Å²) in [6, 6.07) is 5.84. The molecule has 1 fully saturated rings. The lowest BCUT2D eigenvalue weighted by atomic mass is 10.2. The minimum absolute atomic E-state index is 0.0304. The van der Waals surface area contributed by atoms with Gasteiger partial charge in [-0.15, -0.1) is 0 Å². The first kappa shape index (κ1) is 15.1. The quantitative estimate of drug-likeness (QED) is 0.910. The lowest BCUT2D eigenvalue weighted by Gasteiger charge is -2.07. The SMILES string of the molecule is O=C(NC1CC1)c1ccnc(C(=O)Nc2ccc(F)cc2F)c1. The van der Waals surface area contributed by atoms with Crippen LogP contribution in [-0.2, 0) is 0 Å². The standard InChI is InChI=1S/C16H13F2N3O2/c17-10-1-4-13(12(18)8-10)21-16(23)14-7-9(5-6-19-14)15(22)20-11-2-3-11/h1,4-8,11H,2-3H2,(H,20,22)(H,21,23). The Kier molecular flexibility index (Phi) is 4.01. The van der Waals surface area contributed by atoms with Gasteiger partial charge >= 0.3 is 0 Å². The number of amides is 2. The molecule has 0 unspecified atom stereocenters. The van der Waals surface area contributed by atoms with Gasteiger partial charge in [-0.1, -0.05) is 0 Å². The van der Waals surface area contributed by atoms with E-state index in [0.717, 1.165) is 25.0 Å². The molecule has 1 aliphatic carbocycles. The van der Waals surface area contributed by atoms with Crippen LogP contribution in [0.3, 0.4) is 0 Å². The van der Waals surface area contributed by atoms with Gasteiger partial charge in [0.1, 0.15) is 17.3 Å². The fourth-order valence-corrected chi connectivity index (χ4v) is 1.97. The Morgan fingerprint density at radius 2 is 1.87 bits per heavy atom. The Bertz CT molecular complexity index is 776. The van der Waals surface area contributed by atoms with Gasteiger partial charge in [-0.3, -0.25) is 14.6 Å². The summed E-state index contributed by atoms with van der Waals surface area (Å²) in [7, 11) is 0. The van der Waals surface area contributed by atoms with E-state index in [1.165, 1.54) is 18.3 Å². The fourth-order valence-electron chi connectivity index (χ4n) is 1.97. The summed E-state index contributed by atoms with van der Waals surface area (Å²) in [5, 5.41) is 5.10. The molecule has 3 rings (SSSR count). The van der Waals surface area contributed by atoms with Crippen molar-refractivity contribution in [3.63, 3.8) is 0 Å². The van der Waals surface area contributed by atoms with E-state index >= 15 is 0 Å². The number of benzene rings is 1. The normalized spacial score (nSPS) is 13.5. The Labute approximate surface area is 130 Å². The van der Waals surface area contributed by atoms with Crippen LogP contribution in [0.5, 0.6) is 0 Å². The molecular formula is C16H13F2N3O2. The molecule has 2 amide bonds. The highest BCUT2D eigenvalue weighted by Crippen LogP contribution is 2.19. The summed E-state index contributed by atoms with van der Waals surface area (Å²) in [4.78, 5) is 27.9. The van der Waals surface area contributed by atoms with Gasteiger partial charge in [0.25, 0.3) is 11.8 Å². The molecule has 0 saturated heterocycles. The minimum atomic E-state index is -0.888. The first-order valence-electron chi connectivity index (χ1n) is 7.06. The Morgan fingerprint density at radius 3 is 2.57 bits per heavy atom. The van der Waals surface area contributed by atoms with Crippen LogP contribution in [0.25, 0.3) is 0 Å². The monoisotopic (exact) mass is 317 g/mol. The number of carbonyl (C=O) groups is 2. The summed E-state index contributed by atoms with van der Waals surface area (Å²) in [6.07, 6.45) is 3.24. The number of anilines is 1. The molecule has 1 aliphatic rings. The molecule has 2 aromatic rings. The van der Waals surface area contributed by atoms with Gasteiger partial charge in [0, 0.05) is 23.9 Å². The Morgan fingerprint density at radius 1 is 1.09 bits per heavy atom. The number of nitrogens with one attached hydrogen (secondary N) is 2. The predicted octanol–water partition coefficient (Wildman–Crippen LogP) is 2.50. The van der Waals surface area contributed by atoms with E-state index < -0.39 is 17.5 Å². The van der Waals surface area contributed by atoms with Crippen molar-refractivity contribution in [2.75, 3.05) is 5.32 Å². The van der Waals surface area contributed by atoms with E-state index in [-0.39, 0.29) is 23.3 Å². The summed E-state index contributed by atoms with van der Waals surface area (Å²) in [6.45, 7) is 0. The van der Waals surface area contributed by atoms with E-state index in [1.54, 1.807) is 0 Å². The number of nitrogens with zero attached hydrogens (tertiary/aromatic N) is 1. The van der Waals surface area contributed by atoms with Crippen molar-refractivity contribution in [1.82, 2.24) is 10.3 Å². The molecule has 2 N–H and O–H groups in total. The number of halogens is 2. The zero-order valence-corrected chi connectivity index (χ0v) is 12.0. The number of aromatic nitrogens is 1. The van der Waals surface area contributed by atoms with Crippen molar-refractivity contribution in [2.24, 2.45) is 0 Å². The van der Waals surface area contributed by atoms with Crippen molar-refractivity contribution in [3.8, 4) is 0 Å². The zero-order valence-electron chi connectivity index (χ0n) is 12.0. The smallest absolute Gasteiger partial charge is 0.274 e. The van der Waals surface area contributed by atoms with Crippen molar-refractivity contribution in [2.45, 2.75) is 18.9 Å². The highest BCUT2D eigenvalue weighted by molar-refractivity contribution is 6.04. The van der Waals surface area contributed by atoms with Gasteiger partial charge in [-0.25, -0.2) is 8.78 Å². The topological polar surface area (TPSA) is 71.1 Å². The van der Waals surface area contributed by atoms with Gasteiger partial charge in [0.05, 0.1) is 5.69 Å². The fraction of sp³-hybridized carbons (Fsp3) is 0.188. The van der Waals surface area contributed by atoms with Gasteiger partial charge in [0.2, 0.25) is 0 Å². The highest BCUT2D eigenvalue weighted by atomic mass is 19.1. The second-order valence-electron chi connectivity index (χ2n) is 5.26. The largest absolute Gasteiger partial charge is 0.349 e. The number of hydrogen-bond acceptors (Lipinski definition) is 3. The molecule has 23 heavy (non-hydrogen) atoms. The number of hydrogen-bond donors (Lipinski definition) is 2. The summed E-state index contributed by atoms with van der Waals surface area (Å²) < 4.78 is 26.4. The van der Waals surface area contributed by atoms with Crippen molar-refractivity contribution in [1.29, 1.82) is 0 Å². The van der Waals surface area contributed by atoms with Gasteiger partial charge < -0.3 is 10.6 Å². The summed E-state index contributed by atoms with van der Waals surface area (Å²) >= 11 is 0. The predicted molar refractivity (Wildman–Crippen MR) is 79.0 cm³/mol. The van der Waals surface area contributed by atoms with Crippen LogP contribution >= 0.6 is 0 Å². The second kappa shape index (κ2) is 6.12. The Balaban J connectivity index is 1.75. The average molecular weight is 317 g/mol. The van der Waals surface area contributed by atoms with E-state index in [4.69, 9.17) is 0 Å². The molecule has 118 valence electrons. The molecule has 0 atom stereocenters. The number of carbonyl (C=O) groups excluding carboxylic acids is 2. The Hall–Kier alpha value is -2.83. The third-order valence-corrected chi connectivity index (χ3v) is 3.35. The molecule has 0 radical (unpaired) electrons. The van der Waals surface area contributed by atoms with Crippen LogP contribution in [0.2, 0.25) is 0 Å². The first-order valence-corrected chi connectivity index (χ1v) is 7.06. The maximum absolute atomic E-state index is 13.5. The van der Waals surface area contributed by atoms with Crippen molar-refractivity contribution >= 4 is 17.5 Å². The van der Waals surface area contributed by atoms with Gasteiger partial charge in [0.15, 0.2) is 0 Å². The minimum Gasteiger partial charge on any atom is -0.349 e. The van der Waals surface area contributed by atoms with Crippen LogP contribution in [0.15, 0.2) is 36.5 Å². The molecule has 0 spiro atoms. The van der Waals surface area contributed by atoms with E-state index in [2.05, 4.69) is 15.6 Å². The number of pyridine rings is 1. The molecule has 1 heterocycles. The molecule has 0 aliphatic heterocycles. The molecule has 5 nitrogen and oxygen atoms in total. The molecule has 1 saturated carbocycles. The summed E-state index contributed by atoms with van der Waals surface area (Å²) in [5.41, 5.74) is 0.111. The molecule has 0 bridgehead atoms. The lowest BCUT2D eigenvalue weighted by molar-refractivity contribution is 0.0951. The second-order valence-corrected chi connectivity index (χ2v) is 5.26. The van der Waals surface area contributed by atoms with Gasteiger partial charge in [-0.05, 0) is 37.1 Å². The van der Waals surface area contributed by atoms with Crippen molar-refractivity contribution in [3.05, 3.63) is 59.4 Å². The number of rotatable bonds is 4. The maximum Gasteiger partial charge on any atom is 0.274 e. The summed E-state index contributed by atoms with van der Waals surface area (Å²) in [5.74, 6) is -2.59.